The minimum Gasteiger partial charge on any atom is -0.356 e. The third-order valence-corrected chi connectivity index (χ3v) is 4.43. The van der Waals surface area contributed by atoms with Crippen molar-refractivity contribution in [3.8, 4) is 0 Å². The number of carbonyl (C=O) groups excluding carboxylic acids is 1. The molecule has 0 saturated heterocycles. The van der Waals surface area contributed by atoms with Crippen LogP contribution in [0.4, 0.5) is 4.39 Å². The van der Waals surface area contributed by atoms with Gasteiger partial charge in [-0.1, -0.05) is 12.1 Å². The Labute approximate surface area is 192 Å². The van der Waals surface area contributed by atoms with Gasteiger partial charge >= 0.3 is 0 Å². The lowest BCUT2D eigenvalue weighted by atomic mass is 10.1. The average Bonchev–Trinajstić information content (AvgIpc) is 2.62. The van der Waals surface area contributed by atoms with Crippen LogP contribution >= 0.6 is 24.0 Å². The predicted molar refractivity (Wildman–Crippen MR) is 129 cm³/mol. The molecule has 166 valence electrons. The van der Waals surface area contributed by atoms with Crippen molar-refractivity contribution in [2.75, 3.05) is 33.2 Å². The highest BCUT2D eigenvalue weighted by Crippen LogP contribution is 2.05. The van der Waals surface area contributed by atoms with Crippen LogP contribution in [0.5, 0.6) is 0 Å². The molecule has 0 aliphatic heterocycles. The third-order valence-electron chi connectivity index (χ3n) is 4.43. The molecule has 0 aromatic heterocycles. The molecule has 1 rings (SSSR count). The molecule has 29 heavy (non-hydrogen) atoms. The number of halogens is 2. The normalized spacial score (nSPS) is 11.6. The van der Waals surface area contributed by atoms with E-state index in [9.17, 15) is 9.18 Å². The van der Waals surface area contributed by atoms with Gasteiger partial charge in [0.2, 0.25) is 5.91 Å². The van der Waals surface area contributed by atoms with E-state index in [4.69, 9.17) is 0 Å². The Balaban J connectivity index is 0.00000784. The summed E-state index contributed by atoms with van der Waals surface area (Å²) in [5.41, 5.74) is 0.666. The van der Waals surface area contributed by atoms with Crippen LogP contribution in [0.2, 0.25) is 0 Å². The van der Waals surface area contributed by atoms with Gasteiger partial charge in [-0.25, -0.2) is 4.39 Å². The van der Waals surface area contributed by atoms with Gasteiger partial charge in [-0.3, -0.25) is 14.7 Å². The van der Waals surface area contributed by atoms with Crippen LogP contribution in [0.1, 0.15) is 39.7 Å². The second-order valence-corrected chi connectivity index (χ2v) is 7.36. The molecule has 0 aliphatic carbocycles. The van der Waals surface area contributed by atoms with Gasteiger partial charge in [-0.05, 0) is 51.8 Å². The van der Waals surface area contributed by atoms with Crippen molar-refractivity contribution in [3.05, 3.63) is 35.6 Å². The van der Waals surface area contributed by atoms with Crippen molar-refractivity contribution < 1.29 is 9.18 Å². The lowest BCUT2D eigenvalue weighted by Crippen LogP contribution is -2.43. The minimum atomic E-state index is -0.327. The van der Waals surface area contributed by atoms with Crippen LogP contribution in [-0.4, -0.2) is 62.1 Å². The Hall–Kier alpha value is -1.42. The van der Waals surface area contributed by atoms with E-state index >= 15 is 0 Å². The van der Waals surface area contributed by atoms with Gasteiger partial charge in [-0.2, -0.15) is 0 Å². The van der Waals surface area contributed by atoms with Crippen LogP contribution in [0, 0.1) is 5.82 Å². The Bertz CT molecular complexity index is 617. The molecular formula is C21H37FIN5O. The number of carbonyl (C=O) groups is 1. The lowest BCUT2D eigenvalue weighted by Gasteiger charge is -2.30. The molecule has 1 aromatic carbocycles. The smallest absolute Gasteiger partial charge is 0.224 e. The first-order valence-electron chi connectivity index (χ1n) is 10.0. The first-order valence-corrected chi connectivity index (χ1v) is 10.0. The number of nitrogens with zero attached hydrogens (tertiary/aromatic N) is 2. The number of amides is 1. The summed E-state index contributed by atoms with van der Waals surface area (Å²) in [5.74, 6) is 0.268. The average molecular weight is 521 g/mol. The largest absolute Gasteiger partial charge is 0.356 e. The zero-order valence-electron chi connectivity index (χ0n) is 18.3. The quantitative estimate of drug-likeness (QED) is 0.181. The summed E-state index contributed by atoms with van der Waals surface area (Å²) in [6.45, 7) is 11.8. The topological polar surface area (TPSA) is 68.8 Å². The third kappa shape index (κ3) is 12.0. The Morgan fingerprint density at radius 2 is 1.69 bits per heavy atom. The van der Waals surface area contributed by atoms with Crippen molar-refractivity contribution >= 4 is 35.8 Å². The SMILES string of the molecule is CN=C(NCCCN(C(C)C)C(C)C)NCCNC(=O)Cc1cccc(F)c1.I. The summed E-state index contributed by atoms with van der Waals surface area (Å²) in [4.78, 5) is 18.6. The number of benzene rings is 1. The molecule has 0 heterocycles. The standard InChI is InChI=1S/C21H36FN5O.HI/c1-16(2)27(17(3)4)13-7-10-25-21(23-5)26-12-11-24-20(28)15-18-8-6-9-19(22)14-18;/h6,8-9,14,16-17H,7,10-13,15H2,1-5H3,(H,24,28)(H2,23,25,26);1H. The van der Waals surface area contributed by atoms with Gasteiger partial charge in [0.05, 0.1) is 6.42 Å². The second-order valence-electron chi connectivity index (χ2n) is 7.36. The second kappa shape index (κ2) is 15.4. The van der Waals surface area contributed by atoms with Crippen LogP contribution in [0.25, 0.3) is 0 Å². The van der Waals surface area contributed by atoms with Crippen LogP contribution in [0.15, 0.2) is 29.3 Å². The molecule has 8 heteroatoms. The molecule has 0 saturated carbocycles. The number of hydrogen-bond acceptors (Lipinski definition) is 3. The van der Waals surface area contributed by atoms with Gasteiger partial charge in [0.15, 0.2) is 5.96 Å². The van der Waals surface area contributed by atoms with E-state index in [1.807, 2.05) is 0 Å². The molecule has 0 fully saturated rings. The fourth-order valence-corrected chi connectivity index (χ4v) is 3.08. The highest BCUT2D eigenvalue weighted by Gasteiger charge is 2.12. The van der Waals surface area contributed by atoms with Crippen LogP contribution < -0.4 is 16.0 Å². The van der Waals surface area contributed by atoms with Crippen molar-refractivity contribution in [3.63, 3.8) is 0 Å². The molecule has 0 aliphatic rings. The zero-order chi connectivity index (χ0) is 20.9. The molecule has 0 unspecified atom stereocenters. The molecule has 1 aromatic rings. The van der Waals surface area contributed by atoms with Crippen molar-refractivity contribution in [1.29, 1.82) is 0 Å². The molecule has 0 atom stereocenters. The van der Waals surface area contributed by atoms with E-state index in [0.29, 0.717) is 30.7 Å². The summed E-state index contributed by atoms with van der Waals surface area (Å²) in [6.07, 6.45) is 1.20. The van der Waals surface area contributed by atoms with E-state index in [0.717, 1.165) is 25.5 Å². The van der Waals surface area contributed by atoms with E-state index < -0.39 is 0 Å². The Morgan fingerprint density at radius 3 is 2.28 bits per heavy atom. The van der Waals surface area contributed by atoms with E-state index in [1.54, 1.807) is 19.2 Å². The summed E-state index contributed by atoms with van der Waals surface area (Å²) >= 11 is 0. The van der Waals surface area contributed by atoms with E-state index in [-0.39, 0.29) is 42.1 Å². The Morgan fingerprint density at radius 1 is 1.07 bits per heavy atom. The van der Waals surface area contributed by atoms with Gasteiger partial charge in [0.1, 0.15) is 5.82 Å². The van der Waals surface area contributed by atoms with Gasteiger partial charge in [0.25, 0.3) is 0 Å². The molecular weight excluding hydrogens is 484 g/mol. The zero-order valence-corrected chi connectivity index (χ0v) is 20.6. The fraction of sp³-hybridized carbons (Fsp3) is 0.619. The number of guanidine groups is 1. The maximum Gasteiger partial charge on any atom is 0.224 e. The number of rotatable bonds is 11. The monoisotopic (exact) mass is 521 g/mol. The molecule has 0 radical (unpaired) electrons. The maximum atomic E-state index is 13.1. The first kappa shape index (κ1) is 27.6. The van der Waals surface area contributed by atoms with Crippen LogP contribution in [-0.2, 0) is 11.2 Å². The first-order chi connectivity index (χ1) is 13.3. The van der Waals surface area contributed by atoms with E-state index in [1.165, 1.54) is 12.1 Å². The molecule has 0 bridgehead atoms. The summed E-state index contributed by atoms with van der Waals surface area (Å²) in [6, 6.07) is 7.17. The van der Waals surface area contributed by atoms with Crippen molar-refractivity contribution in [1.82, 2.24) is 20.9 Å². The highest BCUT2D eigenvalue weighted by atomic mass is 127. The highest BCUT2D eigenvalue weighted by molar-refractivity contribution is 14.0. The summed E-state index contributed by atoms with van der Waals surface area (Å²) in [5, 5.41) is 9.30. The van der Waals surface area contributed by atoms with Gasteiger partial charge in [-0.15, -0.1) is 24.0 Å². The number of nitrogens with one attached hydrogen (secondary N) is 3. The predicted octanol–water partition coefficient (Wildman–Crippen LogP) is 2.78. The Kier molecular flexibility index (Phi) is 14.7. The lowest BCUT2D eigenvalue weighted by molar-refractivity contribution is -0.120. The van der Waals surface area contributed by atoms with E-state index in [2.05, 4.69) is 53.5 Å². The molecule has 1 amide bonds. The summed E-state index contributed by atoms with van der Waals surface area (Å²) < 4.78 is 13.1. The fourth-order valence-electron chi connectivity index (χ4n) is 3.08. The molecule has 0 spiro atoms. The van der Waals surface area contributed by atoms with Gasteiger partial charge in [0, 0.05) is 45.3 Å². The van der Waals surface area contributed by atoms with Crippen molar-refractivity contribution in [2.24, 2.45) is 4.99 Å². The number of hydrogen-bond donors (Lipinski definition) is 3. The van der Waals surface area contributed by atoms with Crippen molar-refractivity contribution in [2.45, 2.75) is 52.6 Å². The molecule has 6 nitrogen and oxygen atoms in total. The maximum absolute atomic E-state index is 13.1. The molecule has 3 N–H and O–H groups in total. The summed E-state index contributed by atoms with van der Waals surface area (Å²) in [7, 11) is 1.73. The minimum absolute atomic E-state index is 0. The number of aliphatic imine (C=N–C) groups is 1. The van der Waals surface area contributed by atoms with Gasteiger partial charge < -0.3 is 16.0 Å². The van der Waals surface area contributed by atoms with Crippen LogP contribution in [0.3, 0.4) is 0 Å².